The van der Waals surface area contributed by atoms with Crippen molar-refractivity contribution in [2.75, 3.05) is 13.6 Å². The second-order valence-electron chi connectivity index (χ2n) is 4.54. The molecule has 0 fully saturated rings. The van der Waals surface area contributed by atoms with E-state index in [1.165, 1.54) is 22.3 Å². The average molecular weight is 281 g/mol. The van der Waals surface area contributed by atoms with Crippen molar-refractivity contribution in [3.05, 3.63) is 22.2 Å². The number of carbonyl (C=O) groups excluding carboxylic acids is 2. The fraction of sp³-hybridized carbons (Fsp3) is 0.462. The van der Waals surface area contributed by atoms with Gasteiger partial charge in [0.05, 0.1) is 17.2 Å². The van der Waals surface area contributed by atoms with Gasteiger partial charge in [-0.25, -0.2) is 4.98 Å². The summed E-state index contributed by atoms with van der Waals surface area (Å²) in [5.74, 6) is -0.381. The first-order valence-corrected chi connectivity index (χ1v) is 6.91. The van der Waals surface area contributed by atoms with Crippen LogP contribution in [0.4, 0.5) is 0 Å². The Morgan fingerprint density at radius 3 is 2.74 bits per heavy atom. The predicted molar refractivity (Wildman–Crippen MR) is 76.8 cm³/mol. The Kier molecular flexibility index (Phi) is 5.69. The van der Waals surface area contributed by atoms with Gasteiger partial charge in [-0.2, -0.15) is 0 Å². The van der Waals surface area contributed by atoms with Gasteiger partial charge < -0.3 is 10.2 Å². The highest BCUT2D eigenvalue weighted by Crippen LogP contribution is 2.09. The van der Waals surface area contributed by atoms with Crippen LogP contribution in [0, 0.1) is 6.92 Å². The maximum Gasteiger partial charge on any atom is 0.246 e. The van der Waals surface area contributed by atoms with Crippen molar-refractivity contribution >= 4 is 29.2 Å². The average Bonchev–Trinajstić information content (AvgIpc) is 2.70. The van der Waals surface area contributed by atoms with Crippen LogP contribution in [0.3, 0.4) is 0 Å². The minimum Gasteiger partial charge on any atom is -0.352 e. The summed E-state index contributed by atoms with van der Waals surface area (Å²) in [5, 5.41) is 5.57. The Labute approximate surface area is 117 Å². The van der Waals surface area contributed by atoms with Gasteiger partial charge in [0.25, 0.3) is 0 Å². The Hall–Kier alpha value is -1.69. The molecule has 0 atom stereocenters. The molecule has 1 N–H and O–H groups in total. The zero-order valence-electron chi connectivity index (χ0n) is 11.6. The summed E-state index contributed by atoms with van der Waals surface area (Å²) >= 11 is 1.53. The number of hydrogen-bond acceptors (Lipinski definition) is 4. The molecule has 1 aromatic rings. The number of carbonyl (C=O) groups is 2. The highest BCUT2D eigenvalue weighted by atomic mass is 32.1. The lowest BCUT2D eigenvalue weighted by atomic mass is 10.3. The second kappa shape index (κ2) is 7.04. The van der Waals surface area contributed by atoms with Gasteiger partial charge in [0.15, 0.2) is 0 Å². The molecule has 0 aromatic carbocycles. The second-order valence-corrected chi connectivity index (χ2v) is 5.60. The lowest BCUT2D eigenvalue weighted by Gasteiger charge is -2.16. The van der Waals surface area contributed by atoms with Gasteiger partial charge in [0.1, 0.15) is 0 Å². The highest BCUT2D eigenvalue weighted by Gasteiger charge is 2.11. The Morgan fingerprint density at radius 2 is 2.21 bits per heavy atom. The third-order valence-corrected chi connectivity index (χ3v) is 3.03. The Morgan fingerprint density at radius 1 is 1.53 bits per heavy atom. The molecule has 0 bridgehead atoms. The molecule has 104 valence electrons. The van der Waals surface area contributed by atoms with Crippen LogP contribution in [0.5, 0.6) is 0 Å². The monoisotopic (exact) mass is 281 g/mol. The van der Waals surface area contributed by atoms with Gasteiger partial charge in [-0.05, 0) is 26.8 Å². The van der Waals surface area contributed by atoms with Crippen molar-refractivity contribution in [2.24, 2.45) is 0 Å². The zero-order valence-corrected chi connectivity index (χ0v) is 12.5. The van der Waals surface area contributed by atoms with Crippen LogP contribution in [-0.4, -0.2) is 41.3 Å². The number of thiazole rings is 1. The lowest BCUT2D eigenvalue weighted by molar-refractivity contribution is -0.131. The molecule has 19 heavy (non-hydrogen) atoms. The Balaban J connectivity index is 2.48. The van der Waals surface area contributed by atoms with Crippen molar-refractivity contribution < 1.29 is 9.59 Å². The summed E-state index contributed by atoms with van der Waals surface area (Å²) in [4.78, 5) is 28.9. The van der Waals surface area contributed by atoms with Crippen LogP contribution >= 0.6 is 11.3 Å². The standard InChI is InChI=1S/C13H19N3O2S/c1-9(2)14-12(17)7-16(4)13(18)6-5-11-8-19-10(3)15-11/h5-6,8-9H,7H2,1-4H3,(H,14,17). The normalized spacial score (nSPS) is 11.0. The number of nitrogens with zero attached hydrogens (tertiary/aromatic N) is 2. The van der Waals surface area contributed by atoms with Crippen LogP contribution < -0.4 is 5.32 Å². The molecule has 1 aromatic heterocycles. The van der Waals surface area contributed by atoms with E-state index in [9.17, 15) is 9.59 Å². The third-order valence-electron chi connectivity index (χ3n) is 2.24. The quantitative estimate of drug-likeness (QED) is 0.831. The molecule has 6 heteroatoms. The van der Waals surface area contributed by atoms with Crippen LogP contribution in [0.15, 0.2) is 11.5 Å². The lowest BCUT2D eigenvalue weighted by Crippen LogP contribution is -2.40. The van der Waals surface area contributed by atoms with Crippen molar-refractivity contribution in [1.29, 1.82) is 0 Å². The summed E-state index contributed by atoms with van der Waals surface area (Å²) in [7, 11) is 1.60. The summed E-state index contributed by atoms with van der Waals surface area (Å²) < 4.78 is 0. The van der Waals surface area contributed by atoms with E-state index in [4.69, 9.17) is 0 Å². The van der Waals surface area contributed by atoms with Gasteiger partial charge in [-0.1, -0.05) is 0 Å². The molecule has 0 aliphatic carbocycles. The predicted octanol–water partition coefficient (Wildman–Crippen LogP) is 1.45. The van der Waals surface area contributed by atoms with Crippen LogP contribution in [0.25, 0.3) is 6.08 Å². The highest BCUT2D eigenvalue weighted by molar-refractivity contribution is 7.09. The van der Waals surface area contributed by atoms with E-state index in [0.717, 1.165) is 10.7 Å². The molecule has 5 nitrogen and oxygen atoms in total. The third kappa shape index (κ3) is 5.65. The fourth-order valence-corrected chi connectivity index (χ4v) is 1.98. The first kappa shape index (κ1) is 15.4. The molecule has 0 saturated carbocycles. The first-order chi connectivity index (χ1) is 8.88. The van der Waals surface area contributed by atoms with E-state index in [1.807, 2.05) is 26.2 Å². The van der Waals surface area contributed by atoms with E-state index >= 15 is 0 Å². The van der Waals surface area contributed by atoms with Gasteiger partial charge in [0, 0.05) is 24.5 Å². The maximum atomic E-state index is 11.8. The number of hydrogen-bond donors (Lipinski definition) is 1. The zero-order chi connectivity index (χ0) is 14.4. The SMILES string of the molecule is Cc1nc(C=CC(=O)N(C)CC(=O)NC(C)C)cs1. The van der Waals surface area contributed by atoms with Gasteiger partial charge >= 0.3 is 0 Å². The number of aryl methyl sites for hydroxylation is 1. The Bertz CT molecular complexity index is 480. The number of nitrogens with one attached hydrogen (secondary N) is 1. The smallest absolute Gasteiger partial charge is 0.246 e. The molecule has 2 amide bonds. The van der Waals surface area contributed by atoms with Crippen LogP contribution in [0.1, 0.15) is 24.5 Å². The van der Waals surface area contributed by atoms with Gasteiger partial charge in [0.2, 0.25) is 11.8 Å². The molecular weight excluding hydrogens is 262 g/mol. The van der Waals surface area contributed by atoms with E-state index in [1.54, 1.807) is 13.1 Å². The van der Waals surface area contributed by atoms with E-state index in [-0.39, 0.29) is 24.4 Å². The molecular formula is C13H19N3O2S. The largest absolute Gasteiger partial charge is 0.352 e. The fourth-order valence-electron chi connectivity index (χ4n) is 1.40. The summed E-state index contributed by atoms with van der Waals surface area (Å²) in [6.07, 6.45) is 3.08. The topological polar surface area (TPSA) is 62.3 Å². The van der Waals surface area contributed by atoms with Crippen molar-refractivity contribution in [1.82, 2.24) is 15.2 Å². The van der Waals surface area contributed by atoms with Crippen LogP contribution in [-0.2, 0) is 9.59 Å². The molecule has 0 aliphatic heterocycles. The van der Waals surface area contributed by atoms with E-state index in [2.05, 4.69) is 10.3 Å². The summed E-state index contributed by atoms with van der Waals surface area (Å²) in [6.45, 7) is 5.72. The molecule has 0 saturated heterocycles. The van der Waals surface area contributed by atoms with Crippen molar-refractivity contribution in [3.8, 4) is 0 Å². The van der Waals surface area contributed by atoms with Gasteiger partial charge in [-0.15, -0.1) is 11.3 Å². The first-order valence-electron chi connectivity index (χ1n) is 6.03. The molecule has 0 radical (unpaired) electrons. The van der Waals surface area contributed by atoms with Crippen molar-refractivity contribution in [2.45, 2.75) is 26.8 Å². The molecule has 0 unspecified atom stereocenters. The van der Waals surface area contributed by atoms with E-state index < -0.39 is 0 Å². The van der Waals surface area contributed by atoms with E-state index in [0.29, 0.717) is 0 Å². The molecule has 0 aliphatic rings. The van der Waals surface area contributed by atoms with Crippen LogP contribution in [0.2, 0.25) is 0 Å². The minimum absolute atomic E-state index is 0.0530. The van der Waals surface area contributed by atoms with Crippen molar-refractivity contribution in [3.63, 3.8) is 0 Å². The molecule has 1 rings (SSSR count). The number of rotatable bonds is 5. The molecule has 1 heterocycles. The maximum absolute atomic E-state index is 11.8. The number of likely N-dealkylation sites (N-methyl/N-ethyl adjacent to an activating group) is 1. The summed E-state index contributed by atoms with van der Waals surface area (Å²) in [6, 6.07) is 0.0736. The molecule has 0 spiro atoms. The summed E-state index contributed by atoms with van der Waals surface area (Å²) in [5.41, 5.74) is 0.760. The van der Waals surface area contributed by atoms with Gasteiger partial charge in [-0.3, -0.25) is 9.59 Å². The minimum atomic E-state index is -0.218. The number of amides is 2. The number of aromatic nitrogens is 1.